The smallest absolute Gasteiger partial charge is 0.264 e. The Morgan fingerprint density at radius 3 is 2.37 bits per heavy atom. The van der Waals surface area contributed by atoms with Gasteiger partial charge in [-0.15, -0.1) is 11.3 Å². The molecule has 30 heavy (non-hydrogen) atoms. The fourth-order valence-corrected chi connectivity index (χ4v) is 3.56. The van der Waals surface area contributed by atoms with Crippen LogP contribution >= 0.6 is 11.3 Å². The summed E-state index contributed by atoms with van der Waals surface area (Å²) in [6, 6.07) is 7.82. The van der Waals surface area contributed by atoms with Gasteiger partial charge < -0.3 is 14.6 Å². The van der Waals surface area contributed by atoms with Gasteiger partial charge in [0.2, 0.25) is 5.89 Å². The summed E-state index contributed by atoms with van der Waals surface area (Å²) in [6.45, 7) is 13.8. The van der Waals surface area contributed by atoms with Crippen molar-refractivity contribution in [1.82, 2.24) is 20.4 Å². The maximum absolute atomic E-state index is 12.9. The van der Waals surface area contributed by atoms with E-state index in [0.29, 0.717) is 28.9 Å². The third-order valence-corrected chi connectivity index (χ3v) is 5.61. The number of nitrogens with zero attached hydrogens (tertiary/aromatic N) is 3. The van der Waals surface area contributed by atoms with E-state index < -0.39 is 5.54 Å². The van der Waals surface area contributed by atoms with E-state index >= 15 is 0 Å². The van der Waals surface area contributed by atoms with E-state index in [1.165, 1.54) is 16.9 Å². The average molecular weight is 429 g/mol. The second kappa shape index (κ2) is 8.18. The lowest BCUT2D eigenvalue weighted by atomic mass is 9.97. The van der Waals surface area contributed by atoms with Crippen LogP contribution in [0.15, 0.2) is 28.8 Å². The minimum Gasteiger partial charge on any atom is -0.486 e. The van der Waals surface area contributed by atoms with Crippen molar-refractivity contribution in [2.24, 2.45) is 0 Å². The van der Waals surface area contributed by atoms with Gasteiger partial charge in [0.05, 0.1) is 11.2 Å². The Balaban J connectivity index is 1.69. The summed E-state index contributed by atoms with van der Waals surface area (Å²) in [6.07, 6.45) is 0. The Kier molecular flexibility index (Phi) is 5.99. The third kappa shape index (κ3) is 5.05. The van der Waals surface area contributed by atoms with Gasteiger partial charge in [0.1, 0.15) is 22.2 Å². The maximum atomic E-state index is 12.9. The molecule has 1 N–H and O–H groups in total. The lowest BCUT2D eigenvalue weighted by Crippen LogP contribution is -2.41. The molecule has 0 unspecified atom stereocenters. The van der Waals surface area contributed by atoms with Crippen LogP contribution in [-0.2, 0) is 17.6 Å². The van der Waals surface area contributed by atoms with Crippen molar-refractivity contribution in [1.29, 1.82) is 0 Å². The molecule has 0 bridgehead atoms. The predicted octanol–water partition coefficient (Wildman–Crippen LogP) is 4.68. The Morgan fingerprint density at radius 1 is 1.10 bits per heavy atom. The zero-order chi connectivity index (χ0) is 22.1. The molecule has 1 aromatic carbocycles. The van der Waals surface area contributed by atoms with Crippen LogP contribution in [0.2, 0.25) is 0 Å². The van der Waals surface area contributed by atoms with Crippen molar-refractivity contribution < 1.29 is 14.1 Å². The highest BCUT2D eigenvalue weighted by molar-refractivity contribution is 7.13. The molecule has 0 spiro atoms. The largest absolute Gasteiger partial charge is 0.486 e. The van der Waals surface area contributed by atoms with E-state index in [1.807, 2.05) is 72.7 Å². The zero-order valence-electron chi connectivity index (χ0n) is 18.5. The van der Waals surface area contributed by atoms with Crippen molar-refractivity contribution >= 4 is 17.2 Å². The maximum Gasteiger partial charge on any atom is 0.264 e. The molecule has 0 radical (unpaired) electrons. The minimum atomic E-state index is -0.793. The molecule has 0 saturated heterocycles. The number of thiazole rings is 1. The SMILES string of the molecule is Cc1ccc(OCc2nc(C)c(C(=O)NC(C)(C)c3noc(C(C)(C)C)n3)s2)cc1. The van der Waals surface area contributed by atoms with Crippen molar-refractivity contribution in [2.45, 2.75) is 66.0 Å². The Hall–Kier alpha value is -2.74. The van der Waals surface area contributed by atoms with Crippen LogP contribution < -0.4 is 10.1 Å². The Bertz CT molecular complexity index is 1030. The van der Waals surface area contributed by atoms with Gasteiger partial charge in [-0.1, -0.05) is 43.6 Å². The van der Waals surface area contributed by atoms with E-state index in [9.17, 15) is 4.79 Å². The number of carbonyl (C=O) groups is 1. The van der Waals surface area contributed by atoms with E-state index in [-0.39, 0.29) is 11.3 Å². The lowest BCUT2D eigenvalue weighted by molar-refractivity contribution is 0.0911. The monoisotopic (exact) mass is 428 g/mol. The van der Waals surface area contributed by atoms with Gasteiger partial charge in [-0.3, -0.25) is 4.79 Å². The standard InChI is InChI=1S/C22H28N4O3S/c1-13-8-10-15(11-9-13)28-12-16-23-14(2)17(30-16)18(27)25-22(6,7)19-24-20(29-26-19)21(3,4)5/h8-11H,12H2,1-7H3,(H,25,27). The first-order valence-corrected chi connectivity index (χ1v) is 10.6. The molecular weight excluding hydrogens is 400 g/mol. The summed E-state index contributed by atoms with van der Waals surface area (Å²) in [5, 5.41) is 7.80. The summed E-state index contributed by atoms with van der Waals surface area (Å²) >= 11 is 1.32. The predicted molar refractivity (Wildman–Crippen MR) is 116 cm³/mol. The van der Waals surface area contributed by atoms with Gasteiger partial charge in [0.15, 0.2) is 5.82 Å². The number of nitrogens with one attached hydrogen (secondary N) is 1. The van der Waals surface area contributed by atoms with Gasteiger partial charge in [-0.05, 0) is 39.8 Å². The second-order valence-corrected chi connectivity index (χ2v) is 9.96. The van der Waals surface area contributed by atoms with Crippen molar-refractivity contribution in [3.63, 3.8) is 0 Å². The second-order valence-electron chi connectivity index (χ2n) is 8.88. The fourth-order valence-electron chi connectivity index (χ4n) is 2.68. The van der Waals surface area contributed by atoms with E-state index in [2.05, 4.69) is 20.4 Å². The number of hydrogen-bond donors (Lipinski definition) is 1. The quantitative estimate of drug-likeness (QED) is 0.613. The molecule has 0 aliphatic rings. The van der Waals surface area contributed by atoms with Crippen LogP contribution in [0.4, 0.5) is 0 Å². The van der Waals surface area contributed by atoms with Crippen LogP contribution in [0.25, 0.3) is 0 Å². The van der Waals surface area contributed by atoms with Crippen LogP contribution in [0.5, 0.6) is 5.75 Å². The molecule has 7 nitrogen and oxygen atoms in total. The Morgan fingerprint density at radius 2 is 1.77 bits per heavy atom. The van der Waals surface area contributed by atoms with E-state index in [1.54, 1.807) is 0 Å². The minimum absolute atomic E-state index is 0.223. The number of benzene rings is 1. The lowest BCUT2D eigenvalue weighted by Gasteiger charge is -2.22. The molecule has 0 aliphatic carbocycles. The molecule has 0 fully saturated rings. The molecule has 0 aliphatic heterocycles. The summed E-state index contributed by atoms with van der Waals surface area (Å²) in [5.41, 5.74) is 0.787. The Labute approximate surface area is 180 Å². The average Bonchev–Trinajstić information content (AvgIpc) is 3.28. The molecule has 3 rings (SSSR count). The summed E-state index contributed by atoms with van der Waals surface area (Å²) in [4.78, 5) is 22.4. The summed E-state index contributed by atoms with van der Waals surface area (Å²) in [7, 11) is 0. The first-order chi connectivity index (χ1) is 14.0. The van der Waals surface area contributed by atoms with Crippen molar-refractivity contribution in [3.8, 4) is 5.75 Å². The number of hydrogen-bond acceptors (Lipinski definition) is 7. The number of carbonyl (C=O) groups excluding carboxylic acids is 1. The van der Waals surface area contributed by atoms with Gasteiger partial charge in [0, 0.05) is 5.41 Å². The van der Waals surface area contributed by atoms with Gasteiger partial charge in [-0.25, -0.2) is 4.98 Å². The van der Waals surface area contributed by atoms with Gasteiger partial charge in [0.25, 0.3) is 5.91 Å². The zero-order valence-corrected chi connectivity index (χ0v) is 19.3. The van der Waals surface area contributed by atoms with Crippen LogP contribution in [0, 0.1) is 13.8 Å². The van der Waals surface area contributed by atoms with Crippen molar-refractivity contribution in [3.05, 3.63) is 57.1 Å². The number of aromatic nitrogens is 3. The van der Waals surface area contributed by atoms with Crippen molar-refractivity contribution in [2.75, 3.05) is 0 Å². The third-order valence-electron chi connectivity index (χ3n) is 4.48. The highest BCUT2D eigenvalue weighted by atomic mass is 32.1. The van der Waals surface area contributed by atoms with E-state index in [4.69, 9.17) is 9.26 Å². The molecule has 2 aromatic heterocycles. The van der Waals surface area contributed by atoms with Crippen LogP contribution in [0.1, 0.15) is 72.3 Å². The number of ether oxygens (including phenoxy) is 1. The normalized spacial score (nSPS) is 12.1. The molecule has 0 saturated carbocycles. The van der Waals surface area contributed by atoms with Gasteiger partial charge in [-0.2, -0.15) is 4.98 Å². The molecule has 1 amide bonds. The topological polar surface area (TPSA) is 90.1 Å². The van der Waals surface area contributed by atoms with Crippen LogP contribution in [-0.4, -0.2) is 21.0 Å². The molecule has 3 aromatic rings. The number of rotatable bonds is 6. The van der Waals surface area contributed by atoms with Gasteiger partial charge >= 0.3 is 0 Å². The molecular formula is C22H28N4O3S. The highest BCUT2D eigenvalue weighted by Crippen LogP contribution is 2.26. The molecule has 0 atom stereocenters. The molecule has 8 heteroatoms. The van der Waals surface area contributed by atoms with E-state index in [0.717, 1.165) is 10.8 Å². The first kappa shape index (κ1) is 22.0. The number of aryl methyl sites for hydroxylation is 2. The summed E-state index contributed by atoms with van der Waals surface area (Å²) < 4.78 is 11.2. The fraction of sp³-hybridized carbons (Fsp3) is 0.455. The highest BCUT2D eigenvalue weighted by Gasteiger charge is 2.32. The first-order valence-electron chi connectivity index (χ1n) is 9.78. The van der Waals surface area contributed by atoms with Crippen LogP contribution in [0.3, 0.4) is 0 Å². The number of amides is 1. The molecule has 160 valence electrons. The molecule has 2 heterocycles. The summed E-state index contributed by atoms with van der Waals surface area (Å²) in [5.74, 6) is 1.52.